The Morgan fingerprint density at radius 2 is 1.82 bits per heavy atom. The minimum atomic E-state index is -0.495. The first-order chi connectivity index (χ1) is 16.3. The number of rotatable bonds is 5. The minimum absolute atomic E-state index is 0.0622. The number of fused-ring (bicyclic) bond motifs is 1. The van der Waals surface area contributed by atoms with E-state index in [1.54, 1.807) is 13.0 Å². The minimum Gasteiger partial charge on any atom is -0.464 e. The number of aryl methyl sites for hydroxylation is 1. The summed E-state index contributed by atoms with van der Waals surface area (Å²) in [5, 5.41) is 3.67. The second-order valence-corrected chi connectivity index (χ2v) is 9.97. The molecule has 4 N–H and O–H groups in total. The number of hydrogen-bond acceptors (Lipinski definition) is 8. The van der Waals surface area contributed by atoms with Crippen molar-refractivity contribution in [3.05, 3.63) is 33.2 Å². The van der Waals surface area contributed by atoms with Crippen molar-refractivity contribution in [2.24, 2.45) is 17.6 Å². The molecule has 1 saturated carbocycles. The van der Waals surface area contributed by atoms with E-state index in [0.29, 0.717) is 34.3 Å². The maximum absolute atomic E-state index is 12.7. The number of aromatic nitrogens is 3. The van der Waals surface area contributed by atoms with Crippen LogP contribution in [0.25, 0.3) is 0 Å². The smallest absolute Gasteiger partial charge is 0.356 e. The van der Waals surface area contributed by atoms with Gasteiger partial charge in [-0.2, -0.15) is 4.98 Å². The van der Waals surface area contributed by atoms with Gasteiger partial charge in [0.05, 0.1) is 17.2 Å². The Morgan fingerprint density at radius 1 is 1.15 bits per heavy atom. The number of nitrogens with one attached hydrogen (secondary N) is 2. The van der Waals surface area contributed by atoms with Gasteiger partial charge in [-0.3, -0.25) is 4.79 Å². The van der Waals surface area contributed by atoms with Crippen molar-refractivity contribution in [1.29, 1.82) is 0 Å². The lowest BCUT2D eigenvalue weighted by Crippen LogP contribution is -2.41. The number of nitrogens with zero attached hydrogens (tertiary/aromatic N) is 4. The summed E-state index contributed by atoms with van der Waals surface area (Å²) < 4.78 is 4.91. The molecule has 0 aromatic carbocycles. The number of carbonyl (C=O) groups excluding carboxylic acids is 2. The highest BCUT2D eigenvalue weighted by Gasteiger charge is 2.57. The fourth-order valence-corrected chi connectivity index (χ4v) is 5.33. The molecule has 0 radical (unpaired) electrons. The van der Waals surface area contributed by atoms with Gasteiger partial charge in [-0.25, -0.2) is 9.78 Å². The van der Waals surface area contributed by atoms with Gasteiger partial charge in [-0.15, -0.1) is 0 Å². The Labute approximate surface area is 207 Å². The monoisotopic (exact) mass is 507 g/mol. The van der Waals surface area contributed by atoms with Gasteiger partial charge in [0, 0.05) is 61.9 Å². The average Bonchev–Trinajstić information content (AvgIpc) is 3.15. The molecule has 1 aliphatic carbocycles. The number of ether oxygens (including phenoxy) is 1. The third-order valence-electron chi connectivity index (χ3n) is 7.01. The lowest BCUT2D eigenvalue weighted by atomic mass is 10.1. The summed E-state index contributed by atoms with van der Waals surface area (Å²) in [6, 6.07) is 1.91. The summed E-state index contributed by atoms with van der Waals surface area (Å²) in [6.45, 7) is 4.70. The van der Waals surface area contributed by atoms with E-state index in [1.165, 1.54) is 7.11 Å². The zero-order valence-electron chi connectivity index (χ0n) is 19.0. The van der Waals surface area contributed by atoms with Crippen LogP contribution in [-0.4, -0.2) is 72.2 Å². The molecule has 2 saturated heterocycles. The maximum Gasteiger partial charge on any atom is 0.356 e. The SMILES string of the molecule is COC(=O)c1cc(N2C[C@@H]3C(NC(=O)c4[nH]c(C)c(Cl)c4Cl)[C@@H]3C2)nc(N2CCC(N)CC2)n1. The Bertz CT molecular complexity index is 1120. The normalized spacial score (nSPS) is 24.2. The van der Waals surface area contributed by atoms with E-state index in [4.69, 9.17) is 38.7 Å². The van der Waals surface area contributed by atoms with Crippen molar-refractivity contribution in [2.75, 3.05) is 43.1 Å². The molecular formula is C22H27Cl2N7O3. The second-order valence-electron chi connectivity index (χ2n) is 9.21. The van der Waals surface area contributed by atoms with Crippen LogP contribution in [0, 0.1) is 18.8 Å². The van der Waals surface area contributed by atoms with Crippen molar-refractivity contribution in [2.45, 2.75) is 31.8 Å². The van der Waals surface area contributed by atoms with Gasteiger partial charge >= 0.3 is 5.97 Å². The van der Waals surface area contributed by atoms with Gasteiger partial charge in [0.2, 0.25) is 5.95 Å². The molecule has 0 bridgehead atoms. The summed E-state index contributed by atoms with van der Waals surface area (Å²) in [6.07, 6.45) is 1.71. The summed E-state index contributed by atoms with van der Waals surface area (Å²) in [4.78, 5) is 41.3. The second kappa shape index (κ2) is 8.90. The number of H-pyrrole nitrogens is 1. The van der Waals surface area contributed by atoms with Gasteiger partial charge in [0.15, 0.2) is 5.69 Å². The molecule has 1 unspecified atom stereocenters. The fourth-order valence-electron chi connectivity index (χ4n) is 4.91. The first-order valence-electron chi connectivity index (χ1n) is 11.3. The molecular weight excluding hydrogens is 481 g/mol. The standard InChI is InChI=1S/C22H27Cl2N7O3/c1-10-16(23)17(24)19(26-10)20(32)29-18-12-8-31(9-13(12)18)15-7-14(21(33)34-2)27-22(28-15)30-5-3-11(25)4-6-30/h7,11-13,18,26H,3-6,8-9,25H2,1-2H3,(H,29,32)/t12-,13+,18?. The molecule has 5 rings (SSSR count). The quantitative estimate of drug-likeness (QED) is 0.523. The van der Waals surface area contributed by atoms with E-state index in [1.807, 2.05) is 0 Å². The van der Waals surface area contributed by atoms with Crippen molar-refractivity contribution in [3.8, 4) is 0 Å². The highest BCUT2D eigenvalue weighted by molar-refractivity contribution is 6.44. The van der Waals surface area contributed by atoms with Gasteiger partial charge in [0.25, 0.3) is 5.91 Å². The summed E-state index contributed by atoms with van der Waals surface area (Å²) in [7, 11) is 1.34. The molecule has 2 aromatic heterocycles. The molecule has 1 amide bonds. The number of aromatic amines is 1. The molecule has 182 valence electrons. The predicted octanol–water partition coefficient (Wildman–Crippen LogP) is 2.00. The van der Waals surface area contributed by atoms with E-state index < -0.39 is 5.97 Å². The van der Waals surface area contributed by atoms with Crippen molar-refractivity contribution in [3.63, 3.8) is 0 Å². The summed E-state index contributed by atoms with van der Waals surface area (Å²) in [5.41, 5.74) is 7.21. The molecule has 12 heteroatoms. The number of amides is 1. The number of anilines is 2. The Morgan fingerprint density at radius 3 is 2.41 bits per heavy atom. The number of hydrogen-bond donors (Lipinski definition) is 3. The summed E-state index contributed by atoms with van der Waals surface area (Å²) in [5.74, 6) is 1.04. The van der Waals surface area contributed by atoms with Crippen LogP contribution >= 0.6 is 23.2 Å². The van der Waals surface area contributed by atoms with E-state index in [0.717, 1.165) is 39.0 Å². The Balaban J connectivity index is 1.28. The molecule has 0 spiro atoms. The van der Waals surface area contributed by atoms with Crippen LogP contribution < -0.4 is 20.9 Å². The highest BCUT2D eigenvalue weighted by atomic mass is 35.5. The molecule has 3 aliphatic rings. The number of piperidine rings is 2. The number of carbonyl (C=O) groups is 2. The van der Waals surface area contributed by atoms with Crippen LogP contribution in [0.4, 0.5) is 11.8 Å². The predicted molar refractivity (Wildman–Crippen MR) is 129 cm³/mol. The van der Waals surface area contributed by atoms with Crippen LogP contribution in [0.15, 0.2) is 6.07 Å². The first-order valence-corrected chi connectivity index (χ1v) is 12.1. The number of nitrogens with two attached hydrogens (primary N) is 1. The molecule has 3 fully saturated rings. The lowest BCUT2D eigenvalue weighted by molar-refractivity contribution is 0.0593. The van der Waals surface area contributed by atoms with Gasteiger partial charge in [-0.05, 0) is 19.8 Å². The number of esters is 1. The molecule has 34 heavy (non-hydrogen) atoms. The van der Waals surface area contributed by atoms with Crippen molar-refractivity contribution >= 4 is 46.8 Å². The highest BCUT2D eigenvalue weighted by Crippen LogP contribution is 2.47. The third kappa shape index (κ3) is 4.18. The van der Waals surface area contributed by atoms with E-state index in [-0.39, 0.29) is 34.4 Å². The van der Waals surface area contributed by atoms with Crippen molar-refractivity contribution < 1.29 is 14.3 Å². The molecule has 2 aromatic rings. The molecule has 3 atom stereocenters. The average molecular weight is 508 g/mol. The zero-order valence-corrected chi connectivity index (χ0v) is 20.5. The summed E-state index contributed by atoms with van der Waals surface area (Å²) >= 11 is 12.3. The van der Waals surface area contributed by atoms with Crippen LogP contribution in [0.2, 0.25) is 10.0 Å². The van der Waals surface area contributed by atoms with Crippen LogP contribution in [0.3, 0.4) is 0 Å². The maximum atomic E-state index is 12.7. The molecule has 2 aliphatic heterocycles. The van der Waals surface area contributed by atoms with E-state index in [9.17, 15) is 9.59 Å². The zero-order chi connectivity index (χ0) is 24.1. The van der Waals surface area contributed by atoms with Gasteiger partial charge in [0.1, 0.15) is 11.5 Å². The lowest BCUT2D eigenvalue weighted by Gasteiger charge is -2.31. The van der Waals surface area contributed by atoms with Crippen molar-refractivity contribution in [1.82, 2.24) is 20.3 Å². The van der Waals surface area contributed by atoms with Gasteiger partial charge in [-0.1, -0.05) is 23.2 Å². The van der Waals surface area contributed by atoms with E-state index in [2.05, 4.69) is 25.1 Å². The molecule has 10 nitrogen and oxygen atoms in total. The topological polar surface area (TPSA) is 129 Å². The molecule has 4 heterocycles. The first kappa shape index (κ1) is 23.2. The number of methoxy groups -OCH3 is 1. The van der Waals surface area contributed by atoms with Crippen LogP contribution in [0.5, 0.6) is 0 Å². The number of halogens is 2. The Kier molecular flexibility index (Phi) is 6.07. The third-order valence-corrected chi connectivity index (χ3v) is 7.96. The largest absolute Gasteiger partial charge is 0.464 e. The fraction of sp³-hybridized carbons (Fsp3) is 0.545. The van der Waals surface area contributed by atoms with Crippen LogP contribution in [-0.2, 0) is 4.74 Å². The van der Waals surface area contributed by atoms with Gasteiger partial charge < -0.3 is 30.6 Å². The van der Waals surface area contributed by atoms with Crippen LogP contribution in [0.1, 0.15) is 39.5 Å². The van der Waals surface area contributed by atoms with E-state index >= 15 is 0 Å². The Hall–Kier alpha value is -2.56.